The highest BCUT2D eigenvalue weighted by Gasteiger charge is 2.21. The van der Waals surface area contributed by atoms with E-state index < -0.39 is 0 Å². The first-order chi connectivity index (χ1) is 27.8. The van der Waals surface area contributed by atoms with Gasteiger partial charge < -0.3 is 4.42 Å². The molecule has 5 heteroatoms. The van der Waals surface area contributed by atoms with Crippen LogP contribution >= 0.6 is 0 Å². The van der Waals surface area contributed by atoms with Gasteiger partial charge >= 0.3 is 0 Å². The van der Waals surface area contributed by atoms with E-state index in [0.29, 0.717) is 17.6 Å². The third kappa shape index (κ3) is 5.21. The fourth-order valence-electron chi connectivity index (χ4n) is 8.15. The molecule has 8 aromatic carbocycles. The Morgan fingerprint density at radius 1 is 0.375 bits per heavy atom. The zero-order valence-corrected chi connectivity index (χ0v) is 30.2. The molecule has 0 aliphatic rings. The number of hydrogen-bond donors (Lipinski definition) is 0. The zero-order chi connectivity index (χ0) is 37.0. The Bertz CT molecular complexity index is 3240. The molecule has 262 valence electrons. The topological polar surface area (TPSA) is 56.7 Å². The van der Waals surface area contributed by atoms with E-state index in [2.05, 4.69) is 174 Å². The third-order valence-electron chi connectivity index (χ3n) is 10.7. The van der Waals surface area contributed by atoms with Gasteiger partial charge in [-0.05, 0) is 40.5 Å². The lowest BCUT2D eigenvalue weighted by atomic mass is 9.96. The SMILES string of the molecule is c1ccc(-c2nc(-c3cccc(-c4cccc5oc6c(-c7ccccc7)cccc6c45)c3)nc(-n3c4ccccc4c4cccc(-c5ccccc5)c43)n2)cc1. The Balaban J connectivity index is 1.13. The van der Waals surface area contributed by atoms with Gasteiger partial charge in [-0.1, -0.05) is 176 Å². The van der Waals surface area contributed by atoms with Crippen molar-refractivity contribution < 1.29 is 4.42 Å². The van der Waals surface area contributed by atoms with Gasteiger partial charge in [0.1, 0.15) is 11.2 Å². The van der Waals surface area contributed by atoms with Gasteiger partial charge in [0, 0.05) is 43.8 Å². The van der Waals surface area contributed by atoms with Gasteiger partial charge in [-0.25, -0.2) is 4.98 Å². The average molecular weight is 717 g/mol. The predicted octanol–water partition coefficient (Wildman–Crippen LogP) is 13.2. The summed E-state index contributed by atoms with van der Waals surface area (Å²) in [5.74, 6) is 1.76. The smallest absolute Gasteiger partial charge is 0.238 e. The number of para-hydroxylation sites is 3. The fraction of sp³-hybridized carbons (Fsp3) is 0. The van der Waals surface area contributed by atoms with Crippen molar-refractivity contribution in [2.75, 3.05) is 0 Å². The number of aromatic nitrogens is 4. The van der Waals surface area contributed by atoms with E-state index in [1.807, 2.05) is 24.3 Å². The van der Waals surface area contributed by atoms with Gasteiger partial charge in [0.2, 0.25) is 5.95 Å². The second-order valence-electron chi connectivity index (χ2n) is 14.0. The van der Waals surface area contributed by atoms with Crippen molar-refractivity contribution in [3.05, 3.63) is 194 Å². The summed E-state index contributed by atoms with van der Waals surface area (Å²) in [6, 6.07) is 67.3. The highest BCUT2D eigenvalue weighted by Crippen LogP contribution is 2.42. The Kier molecular flexibility index (Phi) is 7.42. The van der Waals surface area contributed by atoms with Crippen molar-refractivity contribution >= 4 is 43.7 Å². The van der Waals surface area contributed by atoms with Crippen LogP contribution in [-0.4, -0.2) is 19.5 Å². The first-order valence-corrected chi connectivity index (χ1v) is 18.8. The van der Waals surface area contributed by atoms with Crippen molar-refractivity contribution in [2.24, 2.45) is 0 Å². The van der Waals surface area contributed by atoms with Gasteiger partial charge in [-0.3, -0.25) is 4.57 Å². The number of hydrogen-bond acceptors (Lipinski definition) is 4. The van der Waals surface area contributed by atoms with Gasteiger partial charge in [0.25, 0.3) is 0 Å². The number of nitrogens with zero attached hydrogens (tertiary/aromatic N) is 4. The molecule has 0 spiro atoms. The first kappa shape index (κ1) is 31.9. The molecule has 0 amide bonds. The molecular formula is C51H32N4O. The Hall–Kier alpha value is -7.63. The minimum Gasteiger partial charge on any atom is -0.455 e. The van der Waals surface area contributed by atoms with Crippen LogP contribution in [-0.2, 0) is 0 Å². The first-order valence-electron chi connectivity index (χ1n) is 18.8. The van der Waals surface area contributed by atoms with Crippen LogP contribution in [0.1, 0.15) is 0 Å². The zero-order valence-electron chi connectivity index (χ0n) is 30.2. The number of rotatable bonds is 6. The second kappa shape index (κ2) is 13.0. The molecule has 0 bridgehead atoms. The van der Waals surface area contributed by atoms with Crippen molar-refractivity contribution in [1.29, 1.82) is 0 Å². The van der Waals surface area contributed by atoms with Crippen LogP contribution in [0.3, 0.4) is 0 Å². The maximum Gasteiger partial charge on any atom is 0.238 e. The predicted molar refractivity (Wildman–Crippen MR) is 229 cm³/mol. The molecule has 0 atom stereocenters. The van der Waals surface area contributed by atoms with E-state index in [0.717, 1.165) is 88.3 Å². The molecule has 11 rings (SSSR count). The van der Waals surface area contributed by atoms with Crippen LogP contribution in [0.15, 0.2) is 199 Å². The molecule has 0 unspecified atom stereocenters. The molecule has 0 saturated heterocycles. The van der Waals surface area contributed by atoms with Crippen LogP contribution in [0.4, 0.5) is 0 Å². The monoisotopic (exact) mass is 716 g/mol. The van der Waals surface area contributed by atoms with Gasteiger partial charge in [0.05, 0.1) is 11.0 Å². The summed E-state index contributed by atoms with van der Waals surface area (Å²) in [6.45, 7) is 0. The highest BCUT2D eigenvalue weighted by molar-refractivity contribution is 6.16. The van der Waals surface area contributed by atoms with Gasteiger partial charge in [0.15, 0.2) is 11.6 Å². The summed E-state index contributed by atoms with van der Waals surface area (Å²) in [5, 5.41) is 4.44. The standard InChI is InChI=1S/C51H32N4O/c1-4-16-33(17-5-1)39-26-13-28-42-41-24-10-11-30-44(41)55(47(39)42)51-53-49(35-20-8-3-9-21-35)52-50(54-51)37-23-12-22-36(32-37)38-25-15-31-45-46(38)43-29-14-27-40(48(43)56-45)34-18-6-2-7-19-34/h1-32H. The molecule has 11 aromatic rings. The van der Waals surface area contributed by atoms with Crippen molar-refractivity contribution in [3.63, 3.8) is 0 Å². The fourth-order valence-corrected chi connectivity index (χ4v) is 8.15. The Morgan fingerprint density at radius 3 is 1.68 bits per heavy atom. The van der Waals surface area contributed by atoms with Crippen LogP contribution < -0.4 is 0 Å². The highest BCUT2D eigenvalue weighted by atomic mass is 16.3. The summed E-state index contributed by atoms with van der Waals surface area (Å²) < 4.78 is 8.82. The number of benzene rings is 8. The lowest BCUT2D eigenvalue weighted by Gasteiger charge is -2.13. The lowest BCUT2D eigenvalue weighted by molar-refractivity contribution is 0.670. The van der Waals surface area contributed by atoms with Crippen LogP contribution in [0.5, 0.6) is 0 Å². The quantitative estimate of drug-likeness (QED) is 0.172. The average Bonchev–Trinajstić information content (AvgIpc) is 3.84. The van der Waals surface area contributed by atoms with Crippen LogP contribution in [0.25, 0.3) is 106 Å². The molecule has 3 heterocycles. The van der Waals surface area contributed by atoms with E-state index in [9.17, 15) is 0 Å². The van der Waals surface area contributed by atoms with Crippen LogP contribution in [0.2, 0.25) is 0 Å². The molecule has 3 aromatic heterocycles. The minimum atomic E-state index is 0.560. The molecule has 56 heavy (non-hydrogen) atoms. The molecular weight excluding hydrogens is 685 g/mol. The second-order valence-corrected chi connectivity index (χ2v) is 14.0. The molecule has 5 nitrogen and oxygen atoms in total. The molecule has 0 fully saturated rings. The van der Waals surface area contributed by atoms with E-state index in [1.165, 1.54) is 0 Å². The van der Waals surface area contributed by atoms with E-state index in [-0.39, 0.29) is 0 Å². The van der Waals surface area contributed by atoms with Crippen molar-refractivity contribution in [1.82, 2.24) is 19.5 Å². The van der Waals surface area contributed by atoms with Crippen molar-refractivity contribution in [2.45, 2.75) is 0 Å². The maximum absolute atomic E-state index is 6.61. The number of furan rings is 1. The maximum atomic E-state index is 6.61. The number of fused-ring (bicyclic) bond motifs is 6. The Labute approximate surface area is 322 Å². The molecule has 0 aliphatic carbocycles. The van der Waals surface area contributed by atoms with Crippen LogP contribution in [0, 0.1) is 0 Å². The van der Waals surface area contributed by atoms with Gasteiger partial charge in [-0.2, -0.15) is 9.97 Å². The summed E-state index contributed by atoms with van der Waals surface area (Å²) in [6.07, 6.45) is 0. The minimum absolute atomic E-state index is 0.560. The third-order valence-corrected chi connectivity index (χ3v) is 10.7. The largest absolute Gasteiger partial charge is 0.455 e. The molecule has 0 saturated carbocycles. The summed E-state index contributed by atoms with van der Waals surface area (Å²) in [5.41, 5.74) is 12.2. The van der Waals surface area contributed by atoms with Gasteiger partial charge in [-0.15, -0.1) is 0 Å². The Morgan fingerprint density at radius 2 is 0.911 bits per heavy atom. The normalized spacial score (nSPS) is 11.6. The summed E-state index contributed by atoms with van der Waals surface area (Å²) >= 11 is 0. The molecule has 0 N–H and O–H groups in total. The summed E-state index contributed by atoms with van der Waals surface area (Å²) in [7, 11) is 0. The van der Waals surface area contributed by atoms with Crippen molar-refractivity contribution in [3.8, 4) is 62.1 Å². The summed E-state index contributed by atoms with van der Waals surface area (Å²) in [4.78, 5) is 15.7. The lowest BCUT2D eigenvalue weighted by Crippen LogP contribution is -2.07. The van der Waals surface area contributed by atoms with E-state index in [1.54, 1.807) is 0 Å². The molecule has 0 radical (unpaired) electrons. The van der Waals surface area contributed by atoms with E-state index in [4.69, 9.17) is 19.4 Å². The van der Waals surface area contributed by atoms with E-state index >= 15 is 0 Å². The molecule has 0 aliphatic heterocycles.